The minimum absolute atomic E-state index is 0.196. The fourth-order valence-electron chi connectivity index (χ4n) is 4.52. The van der Waals surface area contributed by atoms with Crippen LogP contribution >= 0.6 is 0 Å². The number of imide groups is 1. The van der Waals surface area contributed by atoms with Gasteiger partial charge < -0.3 is 10.2 Å². The quantitative estimate of drug-likeness (QED) is 0.788. The van der Waals surface area contributed by atoms with E-state index < -0.39 is 11.6 Å². The zero-order valence-electron chi connectivity index (χ0n) is 18.2. The third-order valence-electron chi connectivity index (χ3n) is 6.70. The van der Waals surface area contributed by atoms with Crippen molar-refractivity contribution in [2.75, 3.05) is 13.6 Å². The summed E-state index contributed by atoms with van der Waals surface area (Å²) in [4.78, 5) is 41.0. The van der Waals surface area contributed by atoms with E-state index in [0.717, 1.165) is 28.9 Å². The van der Waals surface area contributed by atoms with Crippen LogP contribution in [0, 0.1) is 18.3 Å². The van der Waals surface area contributed by atoms with Gasteiger partial charge in [-0.1, -0.05) is 45.0 Å². The molecule has 2 fully saturated rings. The van der Waals surface area contributed by atoms with E-state index in [0.29, 0.717) is 25.3 Å². The summed E-state index contributed by atoms with van der Waals surface area (Å²) in [5.41, 5.74) is 1.53. The van der Waals surface area contributed by atoms with E-state index in [1.165, 1.54) is 0 Å². The lowest BCUT2D eigenvalue weighted by Crippen LogP contribution is -2.51. The Hall–Kier alpha value is -2.37. The van der Waals surface area contributed by atoms with Gasteiger partial charge in [0.1, 0.15) is 12.1 Å². The van der Waals surface area contributed by atoms with Crippen LogP contribution in [0.25, 0.3) is 0 Å². The second-order valence-electron chi connectivity index (χ2n) is 9.72. The average molecular weight is 400 g/mol. The Morgan fingerprint density at radius 2 is 1.83 bits per heavy atom. The van der Waals surface area contributed by atoms with Crippen LogP contribution in [0.1, 0.15) is 57.6 Å². The lowest BCUT2D eigenvalue weighted by atomic mass is 9.67. The number of carbonyl (C=O) groups is 3. The molecule has 1 saturated carbocycles. The Morgan fingerprint density at radius 3 is 2.41 bits per heavy atom. The van der Waals surface area contributed by atoms with Gasteiger partial charge in [-0.15, -0.1) is 0 Å². The van der Waals surface area contributed by atoms with Crippen molar-refractivity contribution in [3.8, 4) is 0 Å². The van der Waals surface area contributed by atoms with Crippen molar-refractivity contribution in [2.24, 2.45) is 11.3 Å². The number of carbonyl (C=O) groups excluding carboxylic acids is 3. The van der Waals surface area contributed by atoms with Crippen LogP contribution in [0.5, 0.6) is 0 Å². The molecule has 1 aromatic carbocycles. The summed E-state index contributed by atoms with van der Waals surface area (Å²) in [5.74, 6) is 0.0541. The van der Waals surface area contributed by atoms with E-state index in [9.17, 15) is 14.4 Å². The van der Waals surface area contributed by atoms with Crippen molar-refractivity contribution < 1.29 is 14.4 Å². The molecule has 0 atom stereocenters. The van der Waals surface area contributed by atoms with Crippen LogP contribution < -0.4 is 5.32 Å². The van der Waals surface area contributed by atoms with Crippen LogP contribution in [0.2, 0.25) is 0 Å². The third kappa shape index (κ3) is 4.31. The molecule has 29 heavy (non-hydrogen) atoms. The van der Waals surface area contributed by atoms with Gasteiger partial charge in [-0.3, -0.25) is 14.5 Å². The molecule has 6 heteroatoms. The topological polar surface area (TPSA) is 69.7 Å². The maximum absolute atomic E-state index is 13.1. The van der Waals surface area contributed by atoms with Crippen LogP contribution in [-0.2, 0) is 16.1 Å². The Labute approximate surface area is 173 Å². The first-order chi connectivity index (χ1) is 13.5. The number of hydrogen-bond acceptors (Lipinski definition) is 3. The minimum atomic E-state index is -0.826. The minimum Gasteiger partial charge on any atom is -0.340 e. The molecule has 1 N–H and O–H groups in total. The van der Waals surface area contributed by atoms with Gasteiger partial charge in [-0.05, 0) is 55.1 Å². The van der Waals surface area contributed by atoms with Crippen LogP contribution in [0.15, 0.2) is 24.3 Å². The molecule has 0 bridgehead atoms. The first-order valence-corrected chi connectivity index (χ1v) is 10.5. The van der Waals surface area contributed by atoms with Gasteiger partial charge in [0.15, 0.2) is 0 Å². The SMILES string of the molecule is Cc1ccccc1CN(C)C(=O)CN1C(=O)NC2(CCC(C(C)(C)C)CC2)C1=O. The monoisotopic (exact) mass is 399 g/mol. The number of hydrogen-bond donors (Lipinski definition) is 1. The lowest BCUT2D eigenvalue weighted by molar-refractivity contribution is -0.139. The number of likely N-dealkylation sites (N-methyl/N-ethyl adjacent to an activating group) is 1. The standard InChI is InChI=1S/C23H33N3O3/c1-16-8-6-7-9-17(16)14-25(5)19(27)15-26-20(28)23(24-21(26)29)12-10-18(11-13-23)22(2,3)4/h6-9,18H,10-15H2,1-5H3,(H,24,29). The molecule has 1 aromatic rings. The Bertz CT molecular complexity index is 804. The zero-order chi connectivity index (χ0) is 21.4. The van der Waals surface area contributed by atoms with E-state index >= 15 is 0 Å². The summed E-state index contributed by atoms with van der Waals surface area (Å²) in [7, 11) is 1.71. The van der Waals surface area contributed by atoms with Gasteiger partial charge in [-0.25, -0.2) is 4.79 Å². The summed E-state index contributed by atoms with van der Waals surface area (Å²) in [6, 6.07) is 7.44. The van der Waals surface area contributed by atoms with Crippen molar-refractivity contribution in [1.29, 1.82) is 0 Å². The first-order valence-electron chi connectivity index (χ1n) is 10.5. The van der Waals surface area contributed by atoms with Gasteiger partial charge in [-0.2, -0.15) is 0 Å². The van der Waals surface area contributed by atoms with E-state index in [-0.39, 0.29) is 23.8 Å². The Balaban J connectivity index is 1.63. The molecule has 0 aromatic heterocycles. The molecular weight excluding hydrogens is 366 g/mol. The summed E-state index contributed by atoms with van der Waals surface area (Å²) in [6.07, 6.45) is 3.10. The van der Waals surface area contributed by atoms with Gasteiger partial charge in [0.25, 0.3) is 5.91 Å². The highest BCUT2D eigenvalue weighted by Crippen LogP contribution is 2.43. The molecular formula is C23H33N3O3. The molecule has 6 nitrogen and oxygen atoms in total. The molecule has 1 saturated heterocycles. The zero-order valence-corrected chi connectivity index (χ0v) is 18.2. The normalized spacial score (nSPS) is 24.7. The van der Waals surface area contributed by atoms with Crippen molar-refractivity contribution >= 4 is 17.8 Å². The molecule has 4 amide bonds. The van der Waals surface area contributed by atoms with Crippen LogP contribution in [0.4, 0.5) is 4.79 Å². The summed E-state index contributed by atoms with van der Waals surface area (Å²) in [6.45, 7) is 8.91. The Kier molecular flexibility index (Phi) is 5.74. The molecule has 1 heterocycles. The highest BCUT2D eigenvalue weighted by atomic mass is 16.2. The number of aryl methyl sites for hydroxylation is 1. The van der Waals surface area contributed by atoms with Gasteiger partial charge in [0.05, 0.1) is 0 Å². The molecule has 0 unspecified atom stereocenters. The van der Waals surface area contributed by atoms with E-state index in [1.54, 1.807) is 11.9 Å². The number of rotatable bonds is 4. The van der Waals surface area contributed by atoms with Crippen molar-refractivity contribution in [3.05, 3.63) is 35.4 Å². The highest BCUT2D eigenvalue weighted by molar-refractivity contribution is 6.09. The fraction of sp³-hybridized carbons (Fsp3) is 0.609. The second kappa shape index (κ2) is 7.81. The molecule has 2 aliphatic rings. The molecule has 1 aliphatic carbocycles. The number of urea groups is 1. The number of nitrogens with zero attached hydrogens (tertiary/aromatic N) is 2. The predicted molar refractivity (Wildman–Crippen MR) is 112 cm³/mol. The van der Waals surface area contributed by atoms with Crippen molar-refractivity contribution in [2.45, 2.75) is 65.5 Å². The summed E-state index contributed by atoms with van der Waals surface area (Å²) in [5, 5.41) is 2.91. The van der Waals surface area contributed by atoms with Crippen LogP contribution in [-0.4, -0.2) is 46.8 Å². The summed E-state index contributed by atoms with van der Waals surface area (Å²) >= 11 is 0. The predicted octanol–water partition coefficient (Wildman–Crippen LogP) is 3.48. The molecule has 158 valence electrons. The van der Waals surface area contributed by atoms with E-state index in [2.05, 4.69) is 26.1 Å². The summed E-state index contributed by atoms with van der Waals surface area (Å²) < 4.78 is 0. The van der Waals surface area contributed by atoms with E-state index in [4.69, 9.17) is 0 Å². The highest BCUT2D eigenvalue weighted by Gasteiger charge is 2.53. The molecule has 1 aliphatic heterocycles. The molecule has 1 spiro atoms. The third-order valence-corrected chi connectivity index (χ3v) is 6.70. The first kappa shape index (κ1) is 21.3. The number of amides is 4. The maximum atomic E-state index is 13.1. The van der Waals surface area contributed by atoms with Gasteiger partial charge >= 0.3 is 6.03 Å². The van der Waals surface area contributed by atoms with Crippen molar-refractivity contribution in [1.82, 2.24) is 15.1 Å². The number of nitrogens with one attached hydrogen (secondary N) is 1. The fourth-order valence-corrected chi connectivity index (χ4v) is 4.52. The molecule has 0 radical (unpaired) electrons. The average Bonchev–Trinajstić information content (AvgIpc) is 2.87. The smallest absolute Gasteiger partial charge is 0.325 e. The number of benzene rings is 1. The van der Waals surface area contributed by atoms with Crippen LogP contribution in [0.3, 0.4) is 0 Å². The molecule has 3 rings (SSSR count). The lowest BCUT2D eigenvalue weighted by Gasteiger charge is -2.40. The van der Waals surface area contributed by atoms with Crippen molar-refractivity contribution in [3.63, 3.8) is 0 Å². The van der Waals surface area contributed by atoms with Gasteiger partial charge in [0, 0.05) is 13.6 Å². The second-order valence-corrected chi connectivity index (χ2v) is 9.72. The largest absolute Gasteiger partial charge is 0.340 e. The van der Waals surface area contributed by atoms with Gasteiger partial charge in [0.2, 0.25) is 5.91 Å². The van der Waals surface area contributed by atoms with E-state index in [1.807, 2.05) is 31.2 Å². The Morgan fingerprint density at radius 1 is 1.21 bits per heavy atom. The maximum Gasteiger partial charge on any atom is 0.325 e.